The fraction of sp³-hybridized carbons (Fsp3) is 0.900. The molecular formula is C50H99N2O6P. The molecule has 0 aromatic rings. The molecule has 0 rings (SSSR count). The molecule has 0 radical (unpaired) electrons. The van der Waals surface area contributed by atoms with Crippen molar-refractivity contribution < 1.29 is 28.4 Å². The Hall–Kier alpha value is -1.02. The van der Waals surface area contributed by atoms with Crippen LogP contribution in [0.2, 0.25) is 0 Å². The average Bonchev–Trinajstić information content (AvgIpc) is 3.22. The van der Waals surface area contributed by atoms with Gasteiger partial charge in [0.25, 0.3) is 0 Å². The second kappa shape index (κ2) is 46.5. The molecule has 0 aliphatic heterocycles. The molecule has 3 unspecified atom stereocenters. The van der Waals surface area contributed by atoms with Gasteiger partial charge in [0.2, 0.25) is 5.91 Å². The summed E-state index contributed by atoms with van der Waals surface area (Å²) < 4.78 is 22.3. The molecule has 5 N–H and O–H groups in total. The van der Waals surface area contributed by atoms with Gasteiger partial charge in [-0.3, -0.25) is 13.8 Å². The first-order chi connectivity index (χ1) is 28.9. The standard InChI is InChI=1S/C50H99N2O6P/c1-3-5-7-9-11-13-15-17-19-21-22-23-24-25-26-28-30-32-34-36-38-40-42-44-50(54)52-48(47-58-59(55,56)57-46-45-51)49(53)43-41-39-37-35-33-31-29-27-20-18-16-14-12-10-8-6-4-2/h15,17,21-22,48-49,53H,3-14,16,18-20,23-47,51H2,1-2H3,(H,52,54)(H,55,56)/b17-15-,22-21-. The van der Waals surface area contributed by atoms with Crippen LogP contribution < -0.4 is 11.1 Å². The smallest absolute Gasteiger partial charge is 0.391 e. The summed E-state index contributed by atoms with van der Waals surface area (Å²) in [5.41, 5.74) is 5.40. The lowest BCUT2D eigenvalue weighted by atomic mass is 10.0. The lowest BCUT2D eigenvalue weighted by Crippen LogP contribution is -2.46. The molecule has 0 heterocycles. The fourth-order valence-electron chi connectivity index (χ4n) is 7.70. The number of unbranched alkanes of at least 4 members (excludes halogenated alkanes) is 32. The van der Waals surface area contributed by atoms with Crippen molar-refractivity contribution in [2.45, 2.75) is 270 Å². The summed E-state index contributed by atoms with van der Waals surface area (Å²) in [5, 5.41) is 13.9. The van der Waals surface area contributed by atoms with Crippen LogP contribution in [0.4, 0.5) is 0 Å². The lowest BCUT2D eigenvalue weighted by molar-refractivity contribution is -0.123. The van der Waals surface area contributed by atoms with Gasteiger partial charge in [-0.15, -0.1) is 0 Å². The Morgan fingerprint density at radius 1 is 0.559 bits per heavy atom. The zero-order valence-corrected chi connectivity index (χ0v) is 39.9. The Balaban J connectivity index is 4.03. The molecule has 0 aliphatic rings. The van der Waals surface area contributed by atoms with E-state index in [4.69, 9.17) is 14.8 Å². The summed E-state index contributed by atoms with van der Waals surface area (Å²) in [7, 11) is -4.32. The Bertz CT molecular complexity index is 979. The summed E-state index contributed by atoms with van der Waals surface area (Å²) in [6, 6.07) is -0.774. The topological polar surface area (TPSA) is 131 Å². The molecule has 0 bridgehead atoms. The van der Waals surface area contributed by atoms with E-state index in [1.807, 2.05) is 0 Å². The molecular weight excluding hydrogens is 756 g/mol. The van der Waals surface area contributed by atoms with Crippen LogP contribution in [0.15, 0.2) is 24.3 Å². The highest BCUT2D eigenvalue weighted by atomic mass is 31.2. The minimum Gasteiger partial charge on any atom is -0.391 e. The molecule has 1 amide bonds. The van der Waals surface area contributed by atoms with E-state index in [0.717, 1.165) is 44.9 Å². The SMILES string of the molecule is CCCCCCC/C=C\C/C=C\CCCCCCCCCCCCCC(=O)NC(COP(=O)(O)OCCN)C(O)CCCCCCCCCCCCCCCCCCC. The van der Waals surface area contributed by atoms with Crippen molar-refractivity contribution >= 4 is 13.7 Å². The molecule has 0 aliphatic carbocycles. The summed E-state index contributed by atoms with van der Waals surface area (Å²) in [6.07, 6.45) is 54.8. The molecule has 0 spiro atoms. The van der Waals surface area contributed by atoms with Crippen molar-refractivity contribution in [1.29, 1.82) is 0 Å². The number of rotatable bonds is 48. The second-order valence-corrected chi connectivity index (χ2v) is 18.8. The monoisotopic (exact) mass is 855 g/mol. The second-order valence-electron chi connectivity index (χ2n) is 17.4. The Kier molecular flexibility index (Phi) is 45.7. The summed E-state index contributed by atoms with van der Waals surface area (Å²) >= 11 is 0. The van der Waals surface area contributed by atoms with Crippen molar-refractivity contribution in [3.05, 3.63) is 24.3 Å². The molecule has 0 aromatic carbocycles. The number of aliphatic hydroxyl groups excluding tert-OH is 1. The van der Waals surface area contributed by atoms with Gasteiger partial charge in [0, 0.05) is 13.0 Å². The van der Waals surface area contributed by atoms with E-state index in [0.29, 0.717) is 12.8 Å². The van der Waals surface area contributed by atoms with Gasteiger partial charge in [-0.05, 0) is 44.9 Å². The van der Waals surface area contributed by atoms with Gasteiger partial charge < -0.3 is 21.1 Å². The minimum absolute atomic E-state index is 0.0896. The number of aliphatic hydroxyl groups is 1. The number of hydrogen-bond acceptors (Lipinski definition) is 6. The molecule has 350 valence electrons. The van der Waals surface area contributed by atoms with E-state index >= 15 is 0 Å². The van der Waals surface area contributed by atoms with Crippen molar-refractivity contribution in [3.8, 4) is 0 Å². The van der Waals surface area contributed by atoms with Gasteiger partial charge >= 0.3 is 7.82 Å². The van der Waals surface area contributed by atoms with Crippen LogP contribution >= 0.6 is 7.82 Å². The molecule has 3 atom stereocenters. The highest BCUT2D eigenvalue weighted by molar-refractivity contribution is 7.47. The predicted molar refractivity (Wildman–Crippen MR) is 254 cm³/mol. The Morgan fingerprint density at radius 3 is 1.34 bits per heavy atom. The third-order valence-corrected chi connectivity index (χ3v) is 12.5. The highest BCUT2D eigenvalue weighted by Gasteiger charge is 2.27. The van der Waals surface area contributed by atoms with Gasteiger partial charge in [-0.25, -0.2) is 4.57 Å². The van der Waals surface area contributed by atoms with Gasteiger partial charge in [0.05, 0.1) is 25.4 Å². The predicted octanol–water partition coefficient (Wildman–Crippen LogP) is 14.9. The summed E-state index contributed by atoms with van der Waals surface area (Å²) in [4.78, 5) is 22.8. The number of carbonyl (C=O) groups excluding carboxylic acids is 1. The van der Waals surface area contributed by atoms with E-state index in [2.05, 4.69) is 43.5 Å². The first kappa shape index (κ1) is 58.0. The number of amides is 1. The molecule has 0 saturated carbocycles. The number of phosphoric acid groups is 1. The maximum Gasteiger partial charge on any atom is 0.472 e. The van der Waals surface area contributed by atoms with Gasteiger partial charge in [-0.1, -0.05) is 231 Å². The van der Waals surface area contributed by atoms with Crippen LogP contribution in [0.3, 0.4) is 0 Å². The van der Waals surface area contributed by atoms with Gasteiger partial charge in [-0.2, -0.15) is 0 Å². The number of phosphoric ester groups is 1. The zero-order chi connectivity index (χ0) is 43.2. The average molecular weight is 855 g/mol. The van der Waals surface area contributed by atoms with Crippen LogP contribution in [0, 0.1) is 0 Å². The van der Waals surface area contributed by atoms with Gasteiger partial charge in [0.15, 0.2) is 0 Å². The number of hydrogen-bond donors (Lipinski definition) is 4. The number of carbonyl (C=O) groups is 1. The third-order valence-electron chi connectivity index (χ3n) is 11.6. The molecule has 0 aromatic heterocycles. The molecule has 0 saturated heterocycles. The molecule has 9 heteroatoms. The van der Waals surface area contributed by atoms with E-state index in [-0.39, 0.29) is 25.7 Å². The first-order valence-electron chi connectivity index (χ1n) is 25.5. The van der Waals surface area contributed by atoms with E-state index in [9.17, 15) is 19.4 Å². The normalized spacial score (nSPS) is 14.1. The highest BCUT2D eigenvalue weighted by Crippen LogP contribution is 2.43. The zero-order valence-electron chi connectivity index (χ0n) is 39.0. The molecule has 0 fully saturated rings. The molecule has 59 heavy (non-hydrogen) atoms. The van der Waals surface area contributed by atoms with Crippen molar-refractivity contribution in [2.24, 2.45) is 5.73 Å². The van der Waals surface area contributed by atoms with Crippen molar-refractivity contribution in [2.75, 3.05) is 19.8 Å². The van der Waals surface area contributed by atoms with Crippen molar-refractivity contribution in [3.63, 3.8) is 0 Å². The van der Waals surface area contributed by atoms with E-state index in [1.54, 1.807) is 0 Å². The first-order valence-corrected chi connectivity index (χ1v) is 26.9. The van der Waals surface area contributed by atoms with Crippen LogP contribution in [-0.4, -0.2) is 47.8 Å². The lowest BCUT2D eigenvalue weighted by Gasteiger charge is -2.25. The number of nitrogens with one attached hydrogen (secondary N) is 1. The summed E-state index contributed by atoms with van der Waals surface area (Å²) in [5.74, 6) is -0.161. The van der Waals surface area contributed by atoms with E-state index in [1.165, 1.54) is 186 Å². The van der Waals surface area contributed by atoms with Crippen molar-refractivity contribution in [1.82, 2.24) is 5.32 Å². The maximum absolute atomic E-state index is 12.8. The Morgan fingerprint density at radius 2 is 0.932 bits per heavy atom. The molecule has 8 nitrogen and oxygen atoms in total. The Labute approximate surface area is 366 Å². The minimum atomic E-state index is -4.32. The summed E-state index contributed by atoms with van der Waals surface area (Å²) in [6.45, 7) is 4.23. The van der Waals surface area contributed by atoms with Crippen LogP contribution in [0.1, 0.15) is 258 Å². The van der Waals surface area contributed by atoms with Crippen LogP contribution in [0.25, 0.3) is 0 Å². The maximum atomic E-state index is 12.8. The van der Waals surface area contributed by atoms with Crippen LogP contribution in [0.5, 0.6) is 0 Å². The number of allylic oxidation sites excluding steroid dienone is 4. The largest absolute Gasteiger partial charge is 0.472 e. The quantitative estimate of drug-likeness (QED) is 0.0272. The fourth-order valence-corrected chi connectivity index (χ4v) is 8.46. The van der Waals surface area contributed by atoms with Crippen LogP contribution in [-0.2, 0) is 18.4 Å². The number of nitrogens with two attached hydrogens (primary N) is 1. The van der Waals surface area contributed by atoms with E-state index < -0.39 is 20.0 Å². The van der Waals surface area contributed by atoms with Gasteiger partial charge in [0.1, 0.15) is 0 Å². The third kappa shape index (κ3) is 44.8.